The summed E-state index contributed by atoms with van der Waals surface area (Å²) in [6, 6.07) is -2.16. The highest BCUT2D eigenvalue weighted by molar-refractivity contribution is 4.99. The molecular formula is C9H16N6O4. The number of ether oxygens (including phenoxy) is 1. The number of hydrogen-bond donors (Lipinski definition) is 3. The topological polar surface area (TPSA) is 167 Å². The van der Waals surface area contributed by atoms with Crippen molar-refractivity contribution in [2.24, 2.45) is 10.2 Å². The Balaban J connectivity index is 3.14. The van der Waals surface area contributed by atoms with Gasteiger partial charge in [-0.05, 0) is 24.9 Å². The van der Waals surface area contributed by atoms with Crippen LogP contribution in [0.5, 0.6) is 0 Å². The van der Waals surface area contributed by atoms with E-state index in [2.05, 4.69) is 20.1 Å². The summed E-state index contributed by atoms with van der Waals surface area (Å²) in [5.74, 6) is -1.66. The van der Waals surface area contributed by atoms with Gasteiger partial charge in [0.15, 0.2) is 5.79 Å². The van der Waals surface area contributed by atoms with Crippen molar-refractivity contribution in [3.05, 3.63) is 20.9 Å². The van der Waals surface area contributed by atoms with Gasteiger partial charge in [0.1, 0.15) is 0 Å². The smallest absolute Gasteiger partial charge is 0.165 e. The molecule has 4 unspecified atom stereocenters. The summed E-state index contributed by atoms with van der Waals surface area (Å²) >= 11 is 0. The zero-order valence-corrected chi connectivity index (χ0v) is 10.5. The quantitative estimate of drug-likeness (QED) is 0.386. The van der Waals surface area contributed by atoms with E-state index in [9.17, 15) is 15.3 Å². The summed E-state index contributed by atoms with van der Waals surface area (Å²) in [6.07, 6.45) is -3.54. The van der Waals surface area contributed by atoms with Crippen molar-refractivity contribution >= 4 is 0 Å². The molecule has 0 aromatic rings. The first-order chi connectivity index (χ1) is 8.82. The molecule has 19 heavy (non-hydrogen) atoms. The molecule has 0 aromatic heterocycles. The maximum absolute atomic E-state index is 9.88. The van der Waals surface area contributed by atoms with Crippen molar-refractivity contribution < 1.29 is 20.1 Å². The molecule has 1 aliphatic heterocycles. The zero-order valence-electron chi connectivity index (χ0n) is 10.5. The Morgan fingerprint density at radius 2 is 2.05 bits per heavy atom. The van der Waals surface area contributed by atoms with E-state index in [1.807, 2.05) is 0 Å². The maximum atomic E-state index is 9.88. The Morgan fingerprint density at radius 1 is 1.42 bits per heavy atom. The monoisotopic (exact) mass is 272 g/mol. The molecule has 0 bridgehead atoms. The first kappa shape index (κ1) is 15.5. The van der Waals surface area contributed by atoms with Crippen molar-refractivity contribution in [1.29, 1.82) is 0 Å². The van der Waals surface area contributed by atoms with Crippen molar-refractivity contribution in [3.8, 4) is 0 Å². The van der Waals surface area contributed by atoms with Gasteiger partial charge in [0, 0.05) is 16.2 Å². The minimum Gasteiger partial charge on any atom is -0.393 e. The fraction of sp³-hybridized carbons (Fsp3) is 1.00. The Morgan fingerprint density at radius 3 is 2.53 bits per heavy atom. The molecule has 1 rings (SSSR count). The van der Waals surface area contributed by atoms with E-state index in [0.717, 1.165) is 0 Å². The SMILES string of the molecule is CC(O)C(N=[N+]=[N-])C1OC(C)(O)C[C@@H](O)[C@H]1N=[N+]=[N-]. The minimum atomic E-state index is -1.66. The highest BCUT2D eigenvalue weighted by Gasteiger charge is 2.46. The third-order valence-electron chi connectivity index (χ3n) is 2.91. The average molecular weight is 272 g/mol. The molecular weight excluding hydrogens is 256 g/mol. The Hall–Kier alpha value is -1.54. The van der Waals surface area contributed by atoms with Gasteiger partial charge in [-0.3, -0.25) is 0 Å². The van der Waals surface area contributed by atoms with Gasteiger partial charge in [0.2, 0.25) is 0 Å². The van der Waals surface area contributed by atoms with Crippen LogP contribution in [0.3, 0.4) is 0 Å². The lowest BCUT2D eigenvalue weighted by molar-refractivity contribution is -0.273. The van der Waals surface area contributed by atoms with Crippen LogP contribution in [0.2, 0.25) is 0 Å². The van der Waals surface area contributed by atoms with E-state index in [-0.39, 0.29) is 6.42 Å². The van der Waals surface area contributed by atoms with Crippen LogP contribution in [0.25, 0.3) is 20.9 Å². The maximum Gasteiger partial charge on any atom is 0.165 e. The lowest BCUT2D eigenvalue weighted by Crippen LogP contribution is -2.58. The molecule has 0 aromatic carbocycles. The standard InChI is InChI=1S/C9H16N6O4/c1-4(16)6(12-14-10)8-7(13-15-11)5(17)3-9(2,18)19-8/h4-8,16-18H,3H2,1-2H3/t4?,5-,6?,7-,8?,9?/m1/s1. The molecule has 10 heteroatoms. The predicted molar refractivity (Wildman–Crippen MR) is 63.7 cm³/mol. The molecule has 1 aliphatic rings. The fourth-order valence-electron chi connectivity index (χ4n) is 2.11. The summed E-state index contributed by atoms with van der Waals surface area (Å²) in [7, 11) is 0. The second kappa shape index (κ2) is 6.07. The van der Waals surface area contributed by atoms with Crippen molar-refractivity contribution in [1.82, 2.24) is 0 Å². The van der Waals surface area contributed by atoms with Crippen LogP contribution in [0.4, 0.5) is 0 Å². The molecule has 0 amide bonds. The van der Waals surface area contributed by atoms with Crippen LogP contribution in [-0.2, 0) is 4.74 Å². The Bertz CT molecular complexity index is 395. The third kappa shape index (κ3) is 3.71. The second-order valence-electron chi connectivity index (χ2n) is 4.66. The Labute approximate surface area is 108 Å². The first-order valence-electron chi connectivity index (χ1n) is 5.67. The number of aliphatic hydroxyl groups is 3. The van der Waals surface area contributed by atoms with E-state index >= 15 is 0 Å². The lowest BCUT2D eigenvalue weighted by Gasteiger charge is -2.43. The summed E-state index contributed by atoms with van der Waals surface area (Å²) in [5.41, 5.74) is 17.0. The number of nitrogens with zero attached hydrogens (tertiary/aromatic N) is 6. The number of aliphatic hydroxyl groups excluding tert-OH is 2. The molecule has 1 saturated heterocycles. The molecule has 1 fully saturated rings. The second-order valence-corrected chi connectivity index (χ2v) is 4.66. The average Bonchev–Trinajstić information content (AvgIpc) is 2.28. The largest absolute Gasteiger partial charge is 0.393 e. The third-order valence-corrected chi connectivity index (χ3v) is 2.91. The van der Waals surface area contributed by atoms with E-state index in [1.54, 1.807) is 0 Å². The van der Waals surface area contributed by atoms with Gasteiger partial charge >= 0.3 is 0 Å². The van der Waals surface area contributed by atoms with Crippen molar-refractivity contribution in [2.75, 3.05) is 0 Å². The Kier molecular flexibility index (Phi) is 4.96. The highest BCUT2D eigenvalue weighted by atomic mass is 16.6. The van der Waals surface area contributed by atoms with Crippen LogP contribution in [-0.4, -0.2) is 51.5 Å². The molecule has 3 N–H and O–H groups in total. The summed E-state index contributed by atoms with van der Waals surface area (Å²) < 4.78 is 5.29. The molecule has 0 radical (unpaired) electrons. The normalized spacial score (nSPS) is 37.6. The van der Waals surface area contributed by atoms with Crippen LogP contribution in [0.15, 0.2) is 10.2 Å². The number of hydrogen-bond acceptors (Lipinski definition) is 6. The van der Waals surface area contributed by atoms with Crippen LogP contribution in [0.1, 0.15) is 20.3 Å². The summed E-state index contributed by atoms with van der Waals surface area (Å²) in [5, 5.41) is 36.1. The highest BCUT2D eigenvalue weighted by Crippen LogP contribution is 2.32. The number of azide groups is 2. The minimum absolute atomic E-state index is 0.157. The molecule has 10 nitrogen and oxygen atoms in total. The van der Waals surface area contributed by atoms with Gasteiger partial charge in [-0.1, -0.05) is 10.2 Å². The van der Waals surface area contributed by atoms with Gasteiger partial charge in [-0.15, -0.1) is 0 Å². The van der Waals surface area contributed by atoms with Gasteiger partial charge < -0.3 is 20.1 Å². The van der Waals surface area contributed by atoms with Crippen LogP contribution in [0, 0.1) is 0 Å². The van der Waals surface area contributed by atoms with Gasteiger partial charge in [0.25, 0.3) is 0 Å². The molecule has 0 aliphatic carbocycles. The van der Waals surface area contributed by atoms with Crippen LogP contribution >= 0.6 is 0 Å². The van der Waals surface area contributed by atoms with E-state index in [1.165, 1.54) is 13.8 Å². The van der Waals surface area contributed by atoms with Gasteiger partial charge in [0.05, 0.1) is 30.4 Å². The summed E-state index contributed by atoms with van der Waals surface area (Å²) in [6.45, 7) is 2.69. The zero-order chi connectivity index (χ0) is 14.6. The molecule has 1 heterocycles. The molecule has 0 saturated carbocycles. The van der Waals surface area contributed by atoms with Crippen molar-refractivity contribution in [3.63, 3.8) is 0 Å². The van der Waals surface area contributed by atoms with Gasteiger partial charge in [-0.25, -0.2) is 0 Å². The molecule has 106 valence electrons. The van der Waals surface area contributed by atoms with Gasteiger partial charge in [-0.2, -0.15) is 0 Å². The van der Waals surface area contributed by atoms with Crippen molar-refractivity contribution in [2.45, 2.75) is 56.5 Å². The molecule has 0 spiro atoms. The predicted octanol–water partition coefficient (Wildman–Crippen LogP) is 0.583. The first-order valence-corrected chi connectivity index (χ1v) is 5.67. The van der Waals surface area contributed by atoms with E-state index in [0.29, 0.717) is 0 Å². The van der Waals surface area contributed by atoms with E-state index in [4.69, 9.17) is 15.8 Å². The molecule has 6 atom stereocenters. The van der Waals surface area contributed by atoms with Crippen LogP contribution < -0.4 is 0 Å². The fourth-order valence-corrected chi connectivity index (χ4v) is 2.11. The lowest BCUT2D eigenvalue weighted by atomic mass is 9.89. The summed E-state index contributed by atoms with van der Waals surface area (Å²) in [4.78, 5) is 5.18. The number of rotatable bonds is 4. The van der Waals surface area contributed by atoms with E-state index < -0.39 is 36.2 Å².